The fourth-order valence-electron chi connectivity index (χ4n) is 1.95. The van der Waals surface area contributed by atoms with Crippen molar-refractivity contribution in [2.75, 3.05) is 32.8 Å². The normalized spacial score (nSPS) is 14.3. The van der Waals surface area contributed by atoms with Gasteiger partial charge in [-0.2, -0.15) is 0 Å². The number of nitrogens with zero attached hydrogens (tertiary/aromatic N) is 1. The average molecular weight is 247 g/mol. The zero-order valence-corrected chi connectivity index (χ0v) is 10.9. The molecule has 1 heterocycles. The predicted molar refractivity (Wildman–Crippen MR) is 71.7 cm³/mol. The van der Waals surface area contributed by atoms with Crippen molar-refractivity contribution in [2.45, 2.75) is 0 Å². The standard InChI is InChI=1S/C14H17NO3/c1-9-8-15(10(9)2)11-6-12(16-3)14(18-5)13(7-11)17-4/h6-7H,1-2,8H2,3-5H3. The summed E-state index contributed by atoms with van der Waals surface area (Å²) in [6.45, 7) is 8.65. The minimum atomic E-state index is 0.591. The smallest absolute Gasteiger partial charge is 0.203 e. The molecule has 96 valence electrons. The van der Waals surface area contributed by atoms with E-state index < -0.39 is 0 Å². The van der Waals surface area contributed by atoms with Gasteiger partial charge in [-0.05, 0) is 5.57 Å². The second kappa shape index (κ2) is 4.64. The van der Waals surface area contributed by atoms with E-state index in [0.717, 1.165) is 23.5 Å². The van der Waals surface area contributed by atoms with Crippen LogP contribution in [-0.2, 0) is 0 Å². The van der Waals surface area contributed by atoms with Gasteiger partial charge in [-0.25, -0.2) is 0 Å². The summed E-state index contributed by atoms with van der Waals surface area (Å²) in [6, 6.07) is 3.80. The third-order valence-corrected chi connectivity index (χ3v) is 3.04. The topological polar surface area (TPSA) is 30.9 Å². The molecule has 1 saturated heterocycles. The molecule has 0 unspecified atom stereocenters. The quantitative estimate of drug-likeness (QED) is 0.818. The van der Waals surface area contributed by atoms with Crippen LogP contribution in [0.25, 0.3) is 0 Å². The molecule has 0 saturated carbocycles. The first-order valence-corrected chi connectivity index (χ1v) is 5.57. The molecule has 0 aromatic heterocycles. The maximum absolute atomic E-state index is 5.32. The van der Waals surface area contributed by atoms with E-state index in [1.165, 1.54) is 0 Å². The fourth-order valence-corrected chi connectivity index (χ4v) is 1.95. The summed E-state index contributed by atoms with van der Waals surface area (Å²) in [4.78, 5) is 2.05. The van der Waals surface area contributed by atoms with Gasteiger partial charge in [-0.3, -0.25) is 0 Å². The van der Waals surface area contributed by atoms with Gasteiger partial charge in [-0.1, -0.05) is 13.2 Å². The van der Waals surface area contributed by atoms with Gasteiger partial charge >= 0.3 is 0 Å². The Morgan fingerprint density at radius 1 is 1.00 bits per heavy atom. The van der Waals surface area contributed by atoms with E-state index in [1.807, 2.05) is 17.0 Å². The van der Waals surface area contributed by atoms with Gasteiger partial charge in [-0.15, -0.1) is 0 Å². The summed E-state index contributed by atoms with van der Waals surface area (Å²) in [7, 11) is 4.79. The molecule has 1 aromatic carbocycles. The van der Waals surface area contributed by atoms with Crippen molar-refractivity contribution in [3.8, 4) is 17.2 Å². The van der Waals surface area contributed by atoms with Crippen LogP contribution in [0.15, 0.2) is 36.6 Å². The molecule has 4 heteroatoms. The summed E-state index contributed by atoms with van der Waals surface area (Å²) in [5, 5.41) is 0. The molecule has 0 bridgehead atoms. The molecule has 18 heavy (non-hydrogen) atoms. The van der Waals surface area contributed by atoms with Crippen LogP contribution in [-0.4, -0.2) is 27.9 Å². The highest BCUT2D eigenvalue weighted by Crippen LogP contribution is 2.43. The van der Waals surface area contributed by atoms with E-state index in [4.69, 9.17) is 14.2 Å². The summed E-state index contributed by atoms with van der Waals surface area (Å²) in [5.41, 5.74) is 2.93. The summed E-state index contributed by atoms with van der Waals surface area (Å²) >= 11 is 0. The van der Waals surface area contributed by atoms with Crippen molar-refractivity contribution in [3.05, 3.63) is 36.6 Å². The van der Waals surface area contributed by atoms with Gasteiger partial charge in [0.05, 0.1) is 21.3 Å². The van der Waals surface area contributed by atoms with Gasteiger partial charge in [0, 0.05) is 30.1 Å². The van der Waals surface area contributed by atoms with Crippen LogP contribution in [0.5, 0.6) is 17.2 Å². The van der Waals surface area contributed by atoms with Crippen LogP contribution >= 0.6 is 0 Å². The molecular weight excluding hydrogens is 230 g/mol. The molecule has 4 nitrogen and oxygen atoms in total. The van der Waals surface area contributed by atoms with Gasteiger partial charge in [0.1, 0.15) is 0 Å². The van der Waals surface area contributed by atoms with Crippen molar-refractivity contribution in [1.29, 1.82) is 0 Å². The molecule has 0 spiro atoms. The third-order valence-electron chi connectivity index (χ3n) is 3.04. The van der Waals surface area contributed by atoms with Crippen LogP contribution in [0, 0.1) is 0 Å². The number of rotatable bonds is 4. The van der Waals surface area contributed by atoms with Gasteiger partial charge in [0.25, 0.3) is 0 Å². The first-order valence-electron chi connectivity index (χ1n) is 5.57. The lowest BCUT2D eigenvalue weighted by Crippen LogP contribution is -2.36. The van der Waals surface area contributed by atoms with Gasteiger partial charge in [0.2, 0.25) is 5.75 Å². The Kier molecular flexibility index (Phi) is 3.19. The summed E-state index contributed by atoms with van der Waals surface area (Å²) in [5.74, 6) is 1.86. The molecule has 0 amide bonds. The minimum Gasteiger partial charge on any atom is -0.493 e. The van der Waals surface area contributed by atoms with Crippen LogP contribution in [0.1, 0.15) is 0 Å². The SMILES string of the molecule is C=C1CN(c2cc(OC)c(OC)c(OC)c2)C1=C. The number of hydrogen-bond donors (Lipinski definition) is 0. The highest BCUT2D eigenvalue weighted by atomic mass is 16.5. The maximum Gasteiger partial charge on any atom is 0.203 e. The Morgan fingerprint density at radius 2 is 1.56 bits per heavy atom. The summed E-state index contributed by atoms with van der Waals surface area (Å²) < 4.78 is 15.9. The lowest BCUT2D eigenvalue weighted by molar-refractivity contribution is 0.324. The number of benzene rings is 1. The predicted octanol–water partition coefficient (Wildman–Crippen LogP) is 2.60. The van der Waals surface area contributed by atoms with Gasteiger partial charge in [0.15, 0.2) is 11.5 Å². The highest BCUT2D eigenvalue weighted by Gasteiger charge is 2.26. The Labute approximate surface area is 107 Å². The van der Waals surface area contributed by atoms with Crippen LogP contribution in [0.4, 0.5) is 5.69 Å². The number of anilines is 1. The number of ether oxygens (including phenoxy) is 3. The zero-order chi connectivity index (χ0) is 13.3. The van der Waals surface area contributed by atoms with Crippen molar-refractivity contribution >= 4 is 5.69 Å². The Hall–Kier alpha value is -2.10. The molecule has 1 fully saturated rings. The van der Waals surface area contributed by atoms with E-state index in [-0.39, 0.29) is 0 Å². The molecule has 1 aromatic rings. The second-order valence-electron chi connectivity index (χ2n) is 4.02. The molecule has 0 aliphatic carbocycles. The van der Waals surface area contributed by atoms with Crippen molar-refractivity contribution < 1.29 is 14.2 Å². The minimum absolute atomic E-state index is 0.591. The maximum atomic E-state index is 5.32. The Balaban J connectivity index is 2.44. The molecule has 0 N–H and O–H groups in total. The molecule has 1 aliphatic heterocycles. The summed E-state index contributed by atoms with van der Waals surface area (Å²) in [6.07, 6.45) is 0. The fraction of sp³-hybridized carbons (Fsp3) is 0.286. The Morgan fingerprint density at radius 3 is 1.89 bits per heavy atom. The van der Waals surface area contributed by atoms with Crippen molar-refractivity contribution in [1.82, 2.24) is 0 Å². The molecule has 0 atom stereocenters. The van der Waals surface area contributed by atoms with E-state index >= 15 is 0 Å². The van der Waals surface area contributed by atoms with Crippen LogP contribution in [0.3, 0.4) is 0 Å². The Bertz CT molecular complexity index is 483. The lowest BCUT2D eigenvalue weighted by Gasteiger charge is -2.38. The molecule has 0 radical (unpaired) electrons. The molecular formula is C14H17NO3. The number of methoxy groups -OCH3 is 3. The third kappa shape index (κ3) is 1.79. The molecule has 2 rings (SSSR count). The molecule has 1 aliphatic rings. The van der Waals surface area contributed by atoms with Gasteiger partial charge < -0.3 is 19.1 Å². The zero-order valence-electron chi connectivity index (χ0n) is 10.9. The van der Waals surface area contributed by atoms with E-state index in [1.54, 1.807) is 21.3 Å². The largest absolute Gasteiger partial charge is 0.493 e. The van der Waals surface area contributed by atoms with Crippen molar-refractivity contribution in [2.24, 2.45) is 0 Å². The number of hydrogen-bond acceptors (Lipinski definition) is 4. The lowest BCUT2D eigenvalue weighted by atomic mass is 10.0. The monoisotopic (exact) mass is 247 g/mol. The van der Waals surface area contributed by atoms with Crippen molar-refractivity contribution in [3.63, 3.8) is 0 Å². The van der Waals surface area contributed by atoms with E-state index in [2.05, 4.69) is 13.2 Å². The average Bonchev–Trinajstić information content (AvgIpc) is 2.42. The van der Waals surface area contributed by atoms with Crippen LogP contribution in [0.2, 0.25) is 0 Å². The second-order valence-corrected chi connectivity index (χ2v) is 4.02. The van der Waals surface area contributed by atoms with E-state index in [9.17, 15) is 0 Å². The first kappa shape index (κ1) is 12.4. The first-order chi connectivity index (χ1) is 8.62. The highest BCUT2D eigenvalue weighted by molar-refractivity contribution is 5.71. The van der Waals surface area contributed by atoms with E-state index in [0.29, 0.717) is 17.2 Å². The van der Waals surface area contributed by atoms with Crippen LogP contribution < -0.4 is 19.1 Å².